The lowest BCUT2D eigenvalue weighted by molar-refractivity contribution is -0.139. The van der Waals surface area contributed by atoms with Crippen LogP contribution in [0, 0.1) is 5.82 Å². The summed E-state index contributed by atoms with van der Waals surface area (Å²) in [6.07, 6.45) is 0.130. The number of sulfonamides is 1. The highest BCUT2D eigenvalue weighted by Gasteiger charge is 2.34. The van der Waals surface area contributed by atoms with Gasteiger partial charge in [0.05, 0.1) is 15.6 Å². The second-order valence-electron chi connectivity index (χ2n) is 9.50. The van der Waals surface area contributed by atoms with Crippen LogP contribution in [0.5, 0.6) is 0 Å². The fourth-order valence-electron chi connectivity index (χ4n) is 4.44. The van der Waals surface area contributed by atoms with E-state index < -0.39 is 40.2 Å². The lowest BCUT2D eigenvalue weighted by Gasteiger charge is -2.33. The van der Waals surface area contributed by atoms with Gasteiger partial charge in [-0.1, -0.05) is 89.4 Å². The quantitative estimate of drug-likeness (QED) is 0.202. The van der Waals surface area contributed by atoms with Crippen LogP contribution < -0.4 is 9.62 Å². The SMILES string of the molecule is CNC(=O)[C@@H](Cc1ccccc1)N(Cc1ccc(Cl)cc1Cl)C(=O)CN(c1ccc(F)c(Cl)c1)S(=O)(=O)c1ccccc1. The standard InChI is InChI=1S/C31H27Cl3FN3O4S/c1-36-31(40)29(16-21-8-4-2-5-9-21)37(19-22-12-13-23(32)17-26(22)33)30(39)20-38(24-14-15-28(35)27(34)18-24)43(41,42)25-10-6-3-7-11-25/h2-15,17-18,29H,16,19-20H2,1H3,(H,36,40)/t29-/m1/s1. The van der Waals surface area contributed by atoms with Crippen LogP contribution in [-0.4, -0.2) is 44.8 Å². The number of nitrogens with one attached hydrogen (secondary N) is 1. The summed E-state index contributed by atoms with van der Waals surface area (Å²) in [4.78, 5) is 28.7. The van der Waals surface area contributed by atoms with E-state index in [4.69, 9.17) is 34.8 Å². The minimum atomic E-state index is -4.35. The minimum absolute atomic E-state index is 0.0346. The Morgan fingerprint density at radius 2 is 1.51 bits per heavy atom. The first-order valence-electron chi connectivity index (χ1n) is 13.0. The van der Waals surface area contributed by atoms with Gasteiger partial charge in [0.2, 0.25) is 11.8 Å². The molecule has 4 aromatic rings. The van der Waals surface area contributed by atoms with E-state index in [0.29, 0.717) is 10.6 Å². The van der Waals surface area contributed by atoms with Crippen molar-refractivity contribution in [3.8, 4) is 0 Å². The molecule has 0 fully saturated rings. The highest BCUT2D eigenvalue weighted by atomic mass is 35.5. The number of hydrogen-bond donors (Lipinski definition) is 1. The van der Waals surface area contributed by atoms with Gasteiger partial charge in [0.1, 0.15) is 18.4 Å². The molecule has 7 nitrogen and oxygen atoms in total. The van der Waals surface area contributed by atoms with E-state index in [2.05, 4.69) is 5.32 Å². The second kappa shape index (κ2) is 14.2. The molecule has 4 aromatic carbocycles. The van der Waals surface area contributed by atoms with Crippen LogP contribution in [0.4, 0.5) is 10.1 Å². The fourth-order valence-corrected chi connectivity index (χ4v) is 6.51. The van der Waals surface area contributed by atoms with Crippen LogP contribution >= 0.6 is 34.8 Å². The van der Waals surface area contributed by atoms with Crippen molar-refractivity contribution in [2.75, 3.05) is 17.9 Å². The normalized spacial score (nSPS) is 11.9. The number of anilines is 1. The van der Waals surface area contributed by atoms with Crippen LogP contribution in [0.2, 0.25) is 15.1 Å². The predicted octanol–water partition coefficient (Wildman–Crippen LogP) is 6.37. The zero-order valence-corrected chi connectivity index (χ0v) is 26.0. The Balaban J connectivity index is 1.82. The number of carbonyl (C=O) groups is 2. The summed E-state index contributed by atoms with van der Waals surface area (Å²) in [6.45, 7) is -0.865. The summed E-state index contributed by atoms with van der Waals surface area (Å²) in [5, 5.41) is 2.93. The molecule has 0 saturated carbocycles. The molecule has 0 heterocycles. The molecule has 0 unspecified atom stereocenters. The lowest BCUT2D eigenvalue weighted by atomic mass is 10.0. The maximum absolute atomic E-state index is 14.3. The van der Waals surface area contributed by atoms with Crippen molar-refractivity contribution in [2.45, 2.75) is 23.9 Å². The molecular weight excluding hydrogens is 636 g/mol. The molecule has 12 heteroatoms. The fraction of sp³-hybridized carbons (Fsp3) is 0.161. The van der Waals surface area contributed by atoms with Gasteiger partial charge in [0.25, 0.3) is 10.0 Å². The van der Waals surface area contributed by atoms with Crippen LogP contribution in [0.25, 0.3) is 0 Å². The summed E-state index contributed by atoms with van der Waals surface area (Å²) in [7, 11) is -2.90. The van der Waals surface area contributed by atoms with E-state index in [1.165, 1.54) is 36.2 Å². The van der Waals surface area contributed by atoms with Gasteiger partial charge in [-0.2, -0.15) is 0 Å². The Hall–Kier alpha value is -3.63. The van der Waals surface area contributed by atoms with Crippen molar-refractivity contribution in [3.05, 3.63) is 129 Å². The van der Waals surface area contributed by atoms with Gasteiger partial charge in [-0.15, -0.1) is 0 Å². The summed E-state index contributed by atoms with van der Waals surface area (Å²) in [5.41, 5.74) is 1.23. The second-order valence-corrected chi connectivity index (χ2v) is 12.6. The zero-order valence-electron chi connectivity index (χ0n) is 22.9. The third-order valence-corrected chi connectivity index (χ3v) is 9.34. The van der Waals surface area contributed by atoms with E-state index in [-0.39, 0.29) is 33.6 Å². The number of hydrogen-bond acceptors (Lipinski definition) is 4. The van der Waals surface area contributed by atoms with Crippen LogP contribution in [0.3, 0.4) is 0 Å². The Bertz CT molecular complexity index is 1710. The van der Waals surface area contributed by atoms with Crippen LogP contribution in [-0.2, 0) is 32.6 Å². The van der Waals surface area contributed by atoms with Gasteiger partial charge in [-0.05, 0) is 53.6 Å². The van der Waals surface area contributed by atoms with Gasteiger partial charge < -0.3 is 10.2 Å². The molecule has 0 radical (unpaired) electrons. The topological polar surface area (TPSA) is 86.8 Å². The number of nitrogens with zero attached hydrogens (tertiary/aromatic N) is 2. The molecule has 0 aliphatic carbocycles. The molecule has 0 saturated heterocycles. The summed E-state index contributed by atoms with van der Waals surface area (Å²) >= 11 is 18.6. The molecule has 224 valence electrons. The van der Waals surface area contributed by atoms with Gasteiger partial charge in [-0.3, -0.25) is 13.9 Å². The average molecular weight is 663 g/mol. The largest absolute Gasteiger partial charge is 0.357 e. The molecule has 0 spiro atoms. The predicted molar refractivity (Wildman–Crippen MR) is 167 cm³/mol. The number of rotatable bonds is 11. The Kier molecular flexibility index (Phi) is 10.7. The summed E-state index contributed by atoms with van der Waals surface area (Å²) in [6, 6.07) is 23.6. The highest BCUT2D eigenvalue weighted by Crippen LogP contribution is 2.29. The Morgan fingerprint density at radius 3 is 2.12 bits per heavy atom. The van der Waals surface area contributed by atoms with Crippen molar-refractivity contribution in [1.82, 2.24) is 10.2 Å². The maximum atomic E-state index is 14.3. The third kappa shape index (κ3) is 7.86. The van der Waals surface area contributed by atoms with Crippen molar-refractivity contribution in [2.24, 2.45) is 0 Å². The smallest absolute Gasteiger partial charge is 0.264 e. The minimum Gasteiger partial charge on any atom is -0.357 e. The monoisotopic (exact) mass is 661 g/mol. The average Bonchev–Trinajstić information content (AvgIpc) is 3.00. The molecule has 1 N–H and O–H groups in total. The molecule has 0 bridgehead atoms. The molecule has 2 amide bonds. The number of amides is 2. The molecule has 0 aliphatic heterocycles. The highest BCUT2D eigenvalue weighted by molar-refractivity contribution is 7.92. The molecule has 0 aliphatic rings. The van der Waals surface area contributed by atoms with E-state index in [9.17, 15) is 22.4 Å². The van der Waals surface area contributed by atoms with Gasteiger partial charge in [0, 0.05) is 30.1 Å². The van der Waals surface area contributed by atoms with Gasteiger partial charge in [-0.25, -0.2) is 12.8 Å². The van der Waals surface area contributed by atoms with Gasteiger partial charge in [0.15, 0.2) is 0 Å². The lowest BCUT2D eigenvalue weighted by Crippen LogP contribution is -2.53. The van der Waals surface area contributed by atoms with E-state index in [1.54, 1.807) is 30.3 Å². The van der Waals surface area contributed by atoms with E-state index in [0.717, 1.165) is 22.0 Å². The number of benzene rings is 4. The van der Waals surface area contributed by atoms with E-state index >= 15 is 0 Å². The zero-order chi connectivity index (χ0) is 31.1. The molecule has 0 aromatic heterocycles. The van der Waals surface area contributed by atoms with Crippen molar-refractivity contribution in [1.29, 1.82) is 0 Å². The first-order valence-corrected chi connectivity index (χ1v) is 15.6. The first-order chi connectivity index (χ1) is 20.5. The Morgan fingerprint density at radius 1 is 0.860 bits per heavy atom. The molecule has 43 heavy (non-hydrogen) atoms. The molecule has 1 atom stereocenters. The van der Waals surface area contributed by atoms with E-state index in [1.807, 2.05) is 30.3 Å². The van der Waals surface area contributed by atoms with Gasteiger partial charge >= 0.3 is 0 Å². The summed E-state index contributed by atoms with van der Waals surface area (Å²) in [5.74, 6) is -1.93. The molecule has 4 rings (SSSR count). The number of likely N-dealkylation sites (N-methyl/N-ethyl adjacent to an activating group) is 1. The first kappa shape index (κ1) is 32.3. The number of halogens is 4. The molecular formula is C31H27Cl3FN3O4S. The van der Waals surface area contributed by atoms with Crippen molar-refractivity contribution in [3.63, 3.8) is 0 Å². The number of carbonyl (C=O) groups excluding carboxylic acids is 2. The maximum Gasteiger partial charge on any atom is 0.264 e. The van der Waals surface area contributed by atoms with Crippen LogP contribution in [0.1, 0.15) is 11.1 Å². The summed E-state index contributed by atoms with van der Waals surface area (Å²) < 4.78 is 42.7. The van der Waals surface area contributed by atoms with Crippen molar-refractivity contribution >= 4 is 62.3 Å². The van der Waals surface area contributed by atoms with Crippen molar-refractivity contribution < 1.29 is 22.4 Å². The Labute approximate surface area is 264 Å². The third-order valence-electron chi connectivity index (χ3n) is 6.67. The van der Waals surface area contributed by atoms with Crippen LogP contribution in [0.15, 0.2) is 102 Å².